The van der Waals surface area contributed by atoms with Crippen LogP contribution in [0.2, 0.25) is 17.3 Å². The molecule has 10 rings (SSSR count). The van der Waals surface area contributed by atoms with Crippen molar-refractivity contribution in [2.24, 2.45) is 0 Å². The number of pyridine rings is 1. The average molecular weight is 1110 g/mol. The summed E-state index contributed by atoms with van der Waals surface area (Å²) in [4.78, 5) is 9.89. The van der Waals surface area contributed by atoms with Gasteiger partial charge in [0, 0.05) is 30.5 Å². The number of fused-ring (bicyclic) bond motifs is 4. The summed E-state index contributed by atoms with van der Waals surface area (Å²) >= 11 is -0.344. The molecule has 0 bridgehead atoms. The van der Waals surface area contributed by atoms with Crippen LogP contribution in [0.3, 0.4) is 0 Å². The van der Waals surface area contributed by atoms with Gasteiger partial charge in [0.1, 0.15) is 5.82 Å². The molecule has 3 heterocycles. The minimum absolute atomic E-state index is 0. The Bertz CT molecular complexity index is 3320. The first-order chi connectivity index (χ1) is 31.0. The van der Waals surface area contributed by atoms with E-state index in [9.17, 15) is 4.39 Å². The predicted molar refractivity (Wildman–Crippen MR) is 273 cm³/mol. The summed E-state index contributed by atoms with van der Waals surface area (Å²) < 4.78 is 28.2. The summed E-state index contributed by atoms with van der Waals surface area (Å²) in [7, 11) is 0. The third-order valence-corrected chi connectivity index (χ3v) is 17.2. The van der Waals surface area contributed by atoms with Crippen molar-refractivity contribution >= 4 is 60.2 Å². The molecule has 0 amide bonds. The first-order valence-electron chi connectivity index (χ1n) is 22.3. The minimum atomic E-state index is -2.10. The first kappa shape index (κ1) is 44.7. The van der Waals surface area contributed by atoms with Gasteiger partial charge in [-0.15, -0.1) is 18.2 Å². The molecule has 7 heteroatoms. The number of halogens is 1. The maximum absolute atomic E-state index is 13.7. The third kappa shape index (κ3) is 9.46. The van der Waals surface area contributed by atoms with Crippen molar-refractivity contribution in [2.75, 3.05) is 0 Å². The van der Waals surface area contributed by atoms with Gasteiger partial charge in [-0.25, -0.2) is 4.39 Å². The molecule has 0 spiro atoms. The van der Waals surface area contributed by atoms with Crippen molar-refractivity contribution in [3.63, 3.8) is 0 Å². The molecule has 0 aliphatic rings. The zero-order valence-corrected chi connectivity index (χ0v) is 43.4. The topological polar surface area (TPSA) is 30.7 Å². The largest absolute Gasteiger partial charge is 0 e. The van der Waals surface area contributed by atoms with Crippen molar-refractivity contribution in [1.82, 2.24) is 14.5 Å². The van der Waals surface area contributed by atoms with Gasteiger partial charge in [0.25, 0.3) is 0 Å². The second kappa shape index (κ2) is 18.8. The quantitative estimate of drug-likeness (QED) is 0.118. The fraction of sp³-hybridized carbons (Fsp3) is 0.172. The van der Waals surface area contributed by atoms with Crippen LogP contribution in [0.25, 0.3) is 81.8 Å². The zero-order chi connectivity index (χ0) is 45.7. The van der Waals surface area contributed by atoms with Crippen molar-refractivity contribution in [1.29, 1.82) is 0 Å². The van der Waals surface area contributed by atoms with Gasteiger partial charge in [0.05, 0.1) is 16.9 Å². The molecule has 327 valence electrons. The van der Waals surface area contributed by atoms with Crippen molar-refractivity contribution < 1.29 is 25.9 Å². The van der Waals surface area contributed by atoms with Gasteiger partial charge in [0.2, 0.25) is 0 Å². The van der Waals surface area contributed by atoms with Crippen LogP contribution >= 0.6 is 11.3 Å². The molecule has 0 saturated carbocycles. The Hall–Kier alpha value is -5.50. The Morgan fingerprint density at radius 1 is 0.738 bits per heavy atom. The van der Waals surface area contributed by atoms with Gasteiger partial charge in [0.15, 0.2) is 0 Å². The number of para-hydroxylation sites is 2. The van der Waals surface area contributed by atoms with Crippen LogP contribution in [0.4, 0.5) is 4.39 Å². The number of nitrogens with zero attached hydrogens (tertiary/aromatic N) is 3. The Balaban J connectivity index is 0.000000192. The Kier molecular flexibility index (Phi) is 12.9. The molecule has 0 aliphatic carbocycles. The molecular weight excluding hydrogens is 1050 g/mol. The minimum Gasteiger partial charge on any atom is 0 e. The monoisotopic (exact) mass is 1110 g/mol. The van der Waals surface area contributed by atoms with Crippen molar-refractivity contribution in [3.8, 4) is 50.6 Å². The van der Waals surface area contributed by atoms with Crippen LogP contribution < -0.4 is 4.40 Å². The van der Waals surface area contributed by atoms with Crippen molar-refractivity contribution in [3.05, 3.63) is 193 Å². The van der Waals surface area contributed by atoms with Crippen LogP contribution in [0, 0.1) is 17.9 Å². The van der Waals surface area contributed by atoms with Crippen molar-refractivity contribution in [2.45, 2.75) is 63.2 Å². The summed E-state index contributed by atoms with van der Waals surface area (Å²) in [6.07, 6.45) is 2.02. The molecule has 65 heavy (non-hydrogen) atoms. The molecule has 3 nitrogen and oxygen atoms in total. The number of hydrogen-bond acceptors (Lipinski definition) is 3. The molecule has 0 aliphatic heterocycles. The molecule has 0 N–H and O–H groups in total. The van der Waals surface area contributed by atoms with E-state index in [0.717, 1.165) is 71.7 Å². The third-order valence-electron chi connectivity index (χ3n) is 11.8. The summed E-state index contributed by atoms with van der Waals surface area (Å²) in [5, 5.41) is 2.34. The van der Waals surface area contributed by atoms with E-state index >= 15 is 0 Å². The van der Waals surface area contributed by atoms with Crippen LogP contribution in [0.15, 0.2) is 164 Å². The Morgan fingerprint density at radius 2 is 1.45 bits per heavy atom. The van der Waals surface area contributed by atoms with Gasteiger partial charge >= 0.3 is 156 Å². The number of hydrogen-bond donors (Lipinski definition) is 0. The summed E-state index contributed by atoms with van der Waals surface area (Å²) in [6, 6.07) is 59.8. The van der Waals surface area contributed by atoms with E-state index in [1.54, 1.807) is 11.3 Å². The van der Waals surface area contributed by atoms with Gasteiger partial charge in [-0.1, -0.05) is 80.3 Å². The second-order valence-corrected chi connectivity index (χ2v) is 30.3. The van der Waals surface area contributed by atoms with E-state index in [0.29, 0.717) is 0 Å². The second-order valence-electron chi connectivity index (χ2n) is 18.7. The fourth-order valence-electron chi connectivity index (χ4n) is 8.43. The van der Waals surface area contributed by atoms with Gasteiger partial charge < -0.3 is 4.57 Å². The number of imidazole rings is 1. The Labute approximate surface area is 404 Å². The zero-order valence-electron chi connectivity index (χ0n) is 39.0. The predicted octanol–water partition coefficient (Wildman–Crippen LogP) is 15.8. The summed E-state index contributed by atoms with van der Waals surface area (Å²) in [5.74, 6) is 7.08. The number of benzene rings is 7. The average Bonchev–Trinajstić information content (AvgIpc) is 3.88. The van der Waals surface area contributed by atoms with Crippen LogP contribution in [0.5, 0.6) is 0 Å². The number of aromatic nitrogens is 3. The number of thiophene rings is 1. The maximum atomic E-state index is 13.7. The molecule has 3 aromatic heterocycles. The normalized spacial score (nSPS) is 12.2. The van der Waals surface area contributed by atoms with E-state index in [2.05, 4.69) is 164 Å². The molecular formula is C58H52FGeIrN3S-2. The van der Waals surface area contributed by atoms with Crippen LogP contribution in [-0.2, 0) is 25.5 Å². The molecule has 7 aromatic carbocycles. The molecule has 10 aromatic rings. The van der Waals surface area contributed by atoms with E-state index in [1.165, 1.54) is 37.7 Å². The van der Waals surface area contributed by atoms with Gasteiger partial charge in [-0.2, -0.15) is 11.3 Å². The smallest absolute Gasteiger partial charge is 0 e. The molecule has 0 saturated heterocycles. The van der Waals surface area contributed by atoms with Gasteiger partial charge in [-0.05, 0) is 74.7 Å². The molecule has 1 radical (unpaired) electrons. The fourth-order valence-corrected chi connectivity index (χ4v) is 13.0. The maximum Gasteiger partial charge on any atom is 0 e. The van der Waals surface area contributed by atoms with E-state index < -0.39 is 19.2 Å². The molecule has 0 fully saturated rings. The first-order valence-corrected chi connectivity index (χ1v) is 30.0. The van der Waals surface area contributed by atoms with Crippen LogP contribution in [0.1, 0.15) is 53.0 Å². The molecule has 0 unspecified atom stereocenters. The van der Waals surface area contributed by atoms with E-state index in [-0.39, 0.29) is 31.3 Å². The SMILES string of the molecule is CC(C)(C)c1ccc(-n2c(-c3[c-]ccc4c3sc3cccc(-c5ccc(F)cc5)c34)nc3ccccc32)cc1.[2H]C(C)(C)c1cc(-c2[c-]ccc(-c3ccccc3)c2)nc[c]1[Ge]([CH3])([CH3])[CH3].[Ir]. The Morgan fingerprint density at radius 3 is 2.15 bits per heavy atom. The van der Waals surface area contributed by atoms with E-state index in [1.807, 2.05) is 56.4 Å². The molecule has 0 atom stereocenters. The summed E-state index contributed by atoms with van der Waals surface area (Å²) in [6.45, 7) is 10.6. The summed E-state index contributed by atoms with van der Waals surface area (Å²) in [5.41, 5.74) is 12.9. The van der Waals surface area contributed by atoms with Gasteiger partial charge in [-0.3, -0.25) is 4.98 Å². The standard InChI is InChI=1S/C35H26FN2S.C23H26GeN.Ir/c1-35(2,3)23-16-20-25(21-17-23)38-30-12-5-4-11-29(30)37-34(38)28-10-6-9-27-32-26(22-14-18-24(36)19-15-22)8-7-13-31(32)39-33(27)28;1-17(2)21-15-23(25-16-22(21)24(3,4)5)20-13-9-12-19(14-20)18-10-7-6-8-11-18;/h4-9,11-21H,1-3H3;6-12,14-17H,1-5H3;/q2*-1;/i;17D;. The van der Waals surface area contributed by atoms with Crippen LogP contribution in [-0.4, -0.2) is 27.8 Å². The number of rotatable bonds is 7. The van der Waals surface area contributed by atoms with E-state index in [4.69, 9.17) is 11.3 Å².